The van der Waals surface area contributed by atoms with E-state index >= 15 is 0 Å². The highest BCUT2D eigenvalue weighted by atomic mass is 32.2. The van der Waals surface area contributed by atoms with Crippen molar-refractivity contribution in [2.45, 2.75) is 32.1 Å². The Balaban J connectivity index is 2.38. The van der Waals surface area contributed by atoms with Gasteiger partial charge in [-0.3, -0.25) is 4.79 Å². The third-order valence-corrected chi connectivity index (χ3v) is 5.84. The summed E-state index contributed by atoms with van der Waals surface area (Å²) in [5.41, 5.74) is 0.0856. The van der Waals surface area contributed by atoms with Crippen LogP contribution in [-0.2, 0) is 19.4 Å². The average Bonchev–Trinajstić information content (AvgIpc) is 2.93. The van der Waals surface area contributed by atoms with E-state index in [4.69, 9.17) is 4.74 Å². The first-order valence-electron chi connectivity index (χ1n) is 7.93. The fraction of sp³-hybridized carbons (Fsp3) is 0.588. The summed E-state index contributed by atoms with van der Waals surface area (Å²) < 4.78 is 29.3. The van der Waals surface area contributed by atoms with Crippen LogP contribution in [0.15, 0.2) is 29.2 Å². The van der Waals surface area contributed by atoms with Gasteiger partial charge in [0, 0.05) is 19.3 Å². The lowest BCUT2D eigenvalue weighted by molar-refractivity contribution is -0.156. The van der Waals surface area contributed by atoms with E-state index < -0.39 is 15.3 Å². The second-order valence-corrected chi connectivity index (χ2v) is 8.43. The number of para-hydroxylation sites is 1. The van der Waals surface area contributed by atoms with E-state index in [-0.39, 0.29) is 11.9 Å². The first-order valence-corrected chi connectivity index (χ1v) is 9.83. The third kappa shape index (κ3) is 3.37. The molecule has 1 aromatic carbocycles. The van der Waals surface area contributed by atoms with Crippen molar-refractivity contribution in [3.8, 4) is 0 Å². The van der Waals surface area contributed by atoms with Gasteiger partial charge in [0.25, 0.3) is 0 Å². The number of esters is 1. The number of ether oxygens (including phenoxy) is 1. The van der Waals surface area contributed by atoms with Crippen LogP contribution >= 0.6 is 0 Å². The summed E-state index contributed by atoms with van der Waals surface area (Å²) in [7, 11) is -3.32. The molecule has 1 fully saturated rings. The van der Waals surface area contributed by atoms with Crippen LogP contribution < -0.4 is 4.90 Å². The molecule has 0 amide bonds. The summed E-state index contributed by atoms with van der Waals surface area (Å²) in [4.78, 5) is 14.8. The van der Waals surface area contributed by atoms with Crippen LogP contribution in [0.25, 0.3) is 0 Å². The fourth-order valence-electron chi connectivity index (χ4n) is 3.22. The number of benzene rings is 1. The molecular weight excluding hydrogens is 314 g/mol. The Labute approximate surface area is 138 Å². The van der Waals surface area contributed by atoms with E-state index in [1.54, 1.807) is 25.1 Å². The van der Waals surface area contributed by atoms with Gasteiger partial charge in [-0.1, -0.05) is 26.0 Å². The van der Waals surface area contributed by atoms with Gasteiger partial charge >= 0.3 is 5.97 Å². The van der Waals surface area contributed by atoms with Gasteiger partial charge in [-0.25, -0.2) is 8.42 Å². The van der Waals surface area contributed by atoms with Gasteiger partial charge in [-0.15, -0.1) is 0 Å². The fourth-order valence-corrected chi connectivity index (χ4v) is 4.12. The molecule has 1 saturated heterocycles. The van der Waals surface area contributed by atoms with Crippen LogP contribution in [0.4, 0.5) is 5.69 Å². The Morgan fingerprint density at radius 1 is 1.35 bits per heavy atom. The van der Waals surface area contributed by atoms with Crippen molar-refractivity contribution in [3.63, 3.8) is 0 Å². The summed E-state index contributed by atoms with van der Waals surface area (Å²) in [5, 5.41) is 0. The molecule has 1 aliphatic heterocycles. The second kappa shape index (κ2) is 6.51. The molecule has 0 aromatic heterocycles. The van der Waals surface area contributed by atoms with E-state index in [0.717, 1.165) is 0 Å². The molecule has 1 aliphatic rings. The van der Waals surface area contributed by atoms with Crippen LogP contribution in [0.2, 0.25) is 0 Å². The van der Waals surface area contributed by atoms with E-state index in [1.807, 2.05) is 24.8 Å². The molecular formula is C17H25NO4S. The molecule has 1 heterocycles. The molecule has 0 bridgehead atoms. The molecule has 2 rings (SSSR count). The monoisotopic (exact) mass is 339 g/mol. The zero-order valence-corrected chi connectivity index (χ0v) is 15.0. The maximum atomic E-state index is 12.5. The van der Waals surface area contributed by atoms with Crippen molar-refractivity contribution in [1.29, 1.82) is 0 Å². The van der Waals surface area contributed by atoms with Crippen molar-refractivity contribution < 1.29 is 17.9 Å². The first-order chi connectivity index (χ1) is 10.7. The van der Waals surface area contributed by atoms with E-state index in [2.05, 4.69) is 0 Å². The SMILES string of the molecule is CCOC(=O)[C@]1(C(C)C)CCN(c2ccccc2S(C)(=O)=O)C1. The molecule has 0 saturated carbocycles. The normalized spacial score (nSPS) is 21.7. The van der Waals surface area contributed by atoms with Crippen LogP contribution in [0.3, 0.4) is 0 Å². The van der Waals surface area contributed by atoms with Crippen molar-refractivity contribution >= 4 is 21.5 Å². The molecule has 0 unspecified atom stereocenters. The number of rotatable bonds is 5. The summed E-state index contributed by atoms with van der Waals surface area (Å²) in [5.74, 6) is -0.0636. The van der Waals surface area contributed by atoms with E-state index in [1.165, 1.54) is 6.26 Å². The van der Waals surface area contributed by atoms with Gasteiger partial charge in [-0.2, -0.15) is 0 Å². The second-order valence-electron chi connectivity index (χ2n) is 6.44. The summed E-state index contributed by atoms with van der Waals surface area (Å²) in [6.07, 6.45) is 1.88. The maximum absolute atomic E-state index is 12.5. The highest BCUT2D eigenvalue weighted by Crippen LogP contribution is 2.42. The van der Waals surface area contributed by atoms with Gasteiger partial charge in [0.05, 0.1) is 22.6 Å². The van der Waals surface area contributed by atoms with Crippen molar-refractivity contribution in [2.75, 3.05) is 30.9 Å². The number of nitrogens with zero attached hydrogens (tertiary/aromatic N) is 1. The molecule has 6 heteroatoms. The topological polar surface area (TPSA) is 63.7 Å². The quantitative estimate of drug-likeness (QED) is 0.771. The van der Waals surface area contributed by atoms with Crippen molar-refractivity contribution in [3.05, 3.63) is 24.3 Å². The van der Waals surface area contributed by atoms with Gasteiger partial charge in [0.1, 0.15) is 0 Å². The lowest BCUT2D eigenvalue weighted by Gasteiger charge is -2.31. The lowest BCUT2D eigenvalue weighted by atomic mass is 9.76. The van der Waals surface area contributed by atoms with Crippen molar-refractivity contribution in [1.82, 2.24) is 0 Å². The van der Waals surface area contributed by atoms with Gasteiger partial charge in [0.2, 0.25) is 0 Å². The predicted octanol–water partition coefficient (Wildman–Crippen LogP) is 2.51. The Kier molecular flexibility index (Phi) is 5.04. The minimum absolute atomic E-state index is 0.122. The number of anilines is 1. The zero-order chi connectivity index (χ0) is 17.3. The Bertz CT molecular complexity index is 684. The van der Waals surface area contributed by atoms with Gasteiger partial charge < -0.3 is 9.64 Å². The molecule has 0 radical (unpaired) electrons. The van der Waals surface area contributed by atoms with Crippen LogP contribution in [0, 0.1) is 11.3 Å². The van der Waals surface area contributed by atoms with Gasteiger partial charge in [-0.05, 0) is 31.4 Å². The Morgan fingerprint density at radius 3 is 2.57 bits per heavy atom. The van der Waals surface area contributed by atoms with Crippen LogP contribution in [0.5, 0.6) is 0 Å². The number of sulfone groups is 1. The minimum atomic E-state index is -3.32. The Morgan fingerprint density at radius 2 is 2.00 bits per heavy atom. The molecule has 128 valence electrons. The summed E-state index contributed by atoms with van der Waals surface area (Å²) in [6, 6.07) is 6.96. The number of carbonyl (C=O) groups is 1. The standard InChI is InChI=1S/C17H25NO4S/c1-5-22-16(19)17(13(2)3)10-11-18(12-17)14-8-6-7-9-15(14)23(4,20)21/h6-9,13H,5,10-12H2,1-4H3/t17-/m1/s1. The molecule has 0 spiro atoms. The molecule has 1 aromatic rings. The molecule has 23 heavy (non-hydrogen) atoms. The highest BCUT2D eigenvalue weighted by Gasteiger charge is 2.48. The Hall–Kier alpha value is -1.56. The van der Waals surface area contributed by atoms with Gasteiger partial charge in [0.15, 0.2) is 9.84 Å². The summed E-state index contributed by atoms with van der Waals surface area (Å²) in [6.45, 7) is 7.32. The predicted molar refractivity (Wildman–Crippen MR) is 90.3 cm³/mol. The average molecular weight is 339 g/mol. The third-order valence-electron chi connectivity index (χ3n) is 4.69. The van der Waals surface area contributed by atoms with E-state index in [9.17, 15) is 13.2 Å². The molecule has 1 atom stereocenters. The van der Waals surface area contributed by atoms with Crippen LogP contribution in [-0.4, -0.2) is 40.3 Å². The smallest absolute Gasteiger partial charge is 0.314 e. The first kappa shape index (κ1) is 17.8. The largest absolute Gasteiger partial charge is 0.466 e. The number of hydrogen-bond donors (Lipinski definition) is 0. The van der Waals surface area contributed by atoms with Crippen molar-refractivity contribution in [2.24, 2.45) is 11.3 Å². The lowest BCUT2D eigenvalue weighted by Crippen LogP contribution is -2.40. The maximum Gasteiger partial charge on any atom is 0.314 e. The van der Waals surface area contributed by atoms with E-state index in [0.29, 0.717) is 36.7 Å². The highest BCUT2D eigenvalue weighted by molar-refractivity contribution is 7.90. The summed E-state index contributed by atoms with van der Waals surface area (Å²) >= 11 is 0. The zero-order valence-electron chi connectivity index (χ0n) is 14.2. The number of carbonyl (C=O) groups excluding carboxylic acids is 1. The number of hydrogen-bond acceptors (Lipinski definition) is 5. The molecule has 0 N–H and O–H groups in total. The minimum Gasteiger partial charge on any atom is -0.466 e. The molecule has 5 nitrogen and oxygen atoms in total. The van der Waals surface area contributed by atoms with Crippen LogP contribution in [0.1, 0.15) is 27.2 Å². The molecule has 0 aliphatic carbocycles.